The molecule has 1 aliphatic rings. The van der Waals surface area contributed by atoms with E-state index in [9.17, 15) is 13.9 Å². The minimum atomic E-state index is -2.92. The van der Waals surface area contributed by atoms with Crippen LogP contribution in [0, 0.1) is 0 Å². The number of benzene rings is 1. The van der Waals surface area contributed by atoms with Crippen LogP contribution in [0.25, 0.3) is 0 Å². The summed E-state index contributed by atoms with van der Waals surface area (Å²) in [5.74, 6) is -0.0385. The van der Waals surface area contributed by atoms with E-state index in [2.05, 4.69) is 10.1 Å². The van der Waals surface area contributed by atoms with Crippen LogP contribution in [0.4, 0.5) is 8.78 Å². The Hall–Kier alpha value is -0.910. The van der Waals surface area contributed by atoms with Crippen molar-refractivity contribution in [3.8, 4) is 5.75 Å². The Labute approximate surface area is 96.0 Å². The highest BCUT2D eigenvalue weighted by Crippen LogP contribution is 2.35. The van der Waals surface area contributed by atoms with Gasteiger partial charge in [-0.2, -0.15) is 8.78 Å². The van der Waals surface area contributed by atoms with E-state index in [1.165, 1.54) is 18.2 Å². The lowest BCUT2D eigenvalue weighted by molar-refractivity contribution is -0.0591. The summed E-state index contributed by atoms with van der Waals surface area (Å²) in [4.78, 5) is 0. The number of aliphatic hydroxyl groups is 1. The van der Waals surface area contributed by atoms with Gasteiger partial charge in [-0.3, -0.25) is 0 Å². The van der Waals surface area contributed by atoms with Crippen molar-refractivity contribution in [1.29, 1.82) is 0 Å². The minimum absolute atomic E-state index is 0.0385. The molecule has 3 nitrogen and oxygen atoms in total. The molecule has 6 heteroatoms. The van der Waals surface area contributed by atoms with Crippen molar-refractivity contribution >= 4 is 11.6 Å². The van der Waals surface area contributed by atoms with Crippen molar-refractivity contribution in [1.82, 2.24) is 5.32 Å². The van der Waals surface area contributed by atoms with Crippen LogP contribution in [0.1, 0.15) is 5.56 Å². The van der Waals surface area contributed by atoms with E-state index in [0.717, 1.165) is 0 Å². The molecule has 0 unspecified atom stereocenters. The third-order valence-electron chi connectivity index (χ3n) is 2.49. The lowest BCUT2D eigenvalue weighted by Gasteiger charge is -2.38. The molecular weight excluding hydrogens is 240 g/mol. The van der Waals surface area contributed by atoms with Gasteiger partial charge in [0.2, 0.25) is 0 Å². The summed E-state index contributed by atoms with van der Waals surface area (Å²) in [6.07, 6.45) is 0. The lowest BCUT2D eigenvalue weighted by atomic mass is 9.87. The second-order valence-electron chi connectivity index (χ2n) is 3.65. The predicted molar refractivity (Wildman–Crippen MR) is 54.9 cm³/mol. The molecule has 0 aliphatic carbocycles. The fourth-order valence-electron chi connectivity index (χ4n) is 1.62. The van der Waals surface area contributed by atoms with Crippen molar-refractivity contribution in [3.63, 3.8) is 0 Å². The monoisotopic (exact) mass is 249 g/mol. The SMILES string of the molecule is OC1(c2cc(Cl)ccc2OC(F)F)CNC1. The average Bonchev–Trinajstić information content (AvgIpc) is 2.16. The summed E-state index contributed by atoms with van der Waals surface area (Å²) in [6.45, 7) is -2.32. The maximum absolute atomic E-state index is 12.2. The minimum Gasteiger partial charge on any atom is -0.434 e. The molecule has 0 spiro atoms. The molecule has 2 rings (SSSR count). The Morgan fingerprint density at radius 3 is 2.62 bits per heavy atom. The van der Waals surface area contributed by atoms with Gasteiger partial charge in [-0.15, -0.1) is 0 Å². The summed E-state index contributed by atoms with van der Waals surface area (Å²) >= 11 is 5.77. The quantitative estimate of drug-likeness (QED) is 0.857. The van der Waals surface area contributed by atoms with Crippen molar-refractivity contribution in [2.75, 3.05) is 13.1 Å². The van der Waals surface area contributed by atoms with E-state index in [1.54, 1.807) is 0 Å². The van der Waals surface area contributed by atoms with Gasteiger partial charge < -0.3 is 15.2 Å². The van der Waals surface area contributed by atoms with Crippen molar-refractivity contribution < 1.29 is 18.6 Å². The summed E-state index contributed by atoms with van der Waals surface area (Å²) < 4.78 is 28.7. The van der Waals surface area contributed by atoms with Crippen LogP contribution in [0.15, 0.2) is 18.2 Å². The number of hydrogen-bond acceptors (Lipinski definition) is 3. The number of halogens is 3. The van der Waals surface area contributed by atoms with Gasteiger partial charge in [-0.1, -0.05) is 11.6 Å². The van der Waals surface area contributed by atoms with E-state index in [4.69, 9.17) is 11.6 Å². The molecule has 0 aromatic heterocycles. The highest BCUT2D eigenvalue weighted by molar-refractivity contribution is 6.30. The number of β-amino-alcohol motifs (C(OH)–C–C–N with tert-alkyl or cyclic N) is 1. The summed E-state index contributed by atoms with van der Waals surface area (Å²) in [7, 11) is 0. The summed E-state index contributed by atoms with van der Waals surface area (Å²) in [5, 5.41) is 13.3. The van der Waals surface area contributed by atoms with E-state index in [0.29, 0.717) is 23.7 Å². The van der Waals surface area contributed by atoms with Gasteiger partial charge in [0, 0.05) is 23.7 Å². The highest BCUT2D eigenvalue weighted by atomic mass is 35.5. The fourth-order valence-corrected chi connectivity index (χ4v) is 1.79. The number of ether oxygens (including phenoxy) is 1. The highest BCUT2D eigenvalue weighted by Gasteiger charge is 2.39. The Kier molecular flexibility index (Phi) is 3.01. The zero-order chi connectivity index (χ0) is 11.8. The van der Waals surface area contributed by atoms with Crippen molar-refractivity contribution in [2.24, 2.45) is 0 Å². The first kappa shape index (κ1) is 11.6. The first-order valence-electron chi connectivity index (χ1n) is 4.69. The van der Waals surface area contributed by atoms with Gasteiger partial charge in [0.05, 0.1) is 0 Å². The smallest absolute Gasteiger partial charge is 0.387 e. The normalized spacial score (nSPS) is 18.3. The molecule has 1 aliphatic heterocycles. The standard InChI is InChI=1S/C10H10ClF2NO2/c11-6-1-2-8(16-9(12)13)7(3-6)10(15)4-14-5-10/h1-3,9,14-15H,4-5H2. The molecule has 88 valence electrons. The van der Waals surface area contributed by atoms with Crippen LogP contribution in [0.3, 0.4) is 0 Å². The first-order chi connectivity index (χ1) is 7.51. The van der Waals surface area contributed by atoms with Gasteiger partial charge in [-0.25, -0.2) is 0 Å². The Morgan fingerprint density at radius 2 is 2.12 bits per heavy atom. The molecule has 2 N–H and O–H groups in total. The van der Waals surface area contributed by atoms with E-state index in [-0.39, 0.29) is 5.75 Å². The van der Waals surface area contributed by atoms with Crippen LogP contribution < -0.4 is 10.1 Å². The number of hydrogen-bond donors (Lipinski definition) is 2. The molecule has 0 saturated carbocycles. The van der Waals surface area contributed by atoms with Crippen LogP contribution in [-0.4, -0.2) is 24.8 Å². The van der Waals surface area contributed by atoms with E-state index < -0.39 is 12.2 Å². The maximum atomic E-state index is 12.2. The number of alkyl halides is 2. The van der Waals surface area contributed by atoms with Crippen LogP contribution in [-0.2, 0) is 5.60 Å². The number of nitrogens with one attached hydrogen (secondary N) is 1. The Balaban J connectivity index is 2.36. The van der Waals surface area contributed by atoms with Gasteiger partial charge >= 0.3 is 6.61 Å². The van der Waals surface area contributed by atoms with Crippen LogP contribution in [0.2, 0.25) is 5.02 Å². The average molecular weight is 250 g/mol. The molecule has 0 bridgehead atoms. The molecule has 1 heterocycles. The third-order valence-corrected chi connectivity index (χ3v) is 2.73. The summed E-state index contributed by atoms with van der Waals surface area (Å²) in [5.41, 5.74) is -0.881. The molecule has 1 saturated heterocycles. The second kappa shape index (κ2) is 4.16. The van der Waals surface area contributed by atoms with Gasteiger partial charge in [0.1, 0.15) is 11.4 Å². The predicted octanol–water partition coefficient (Wildman–Crippen LogP) is 1.73. The van der Waals surface area contributed by atoms with Crippen LogP contribution in [0.5, 0.6) is 5.75 Å². The second-order valence-corrected chi connectivity index (χ2v) is 4.09. The topological polar surface area (TPSA) is 41.5 Å². The fraction of sp³-hybridized carbons (Fsp3) is 0.400. The largest absolute Gasteiger partial charge is 0.434 e. The molecule has 1 aromatic rings. The zero-order valence-corrected chi connectivity index (χ0v) is 8.97. The summed E-state index contributed by atoms with van der Waals surface area (Å²) in [6, 6.07) is 4.22. The first-order valence-corrected chi connectivity index (χ1v) is 5.07. The molecule has 0 amide bonds. The molecular formula is C10H10ClF2NO2. The van der Waals surface area contributed by atoms with Crippen LogP contribution >= 0.6 is 11.6 Å². The molecule has 0 radical (unpaired) electrons. The van der Waals surface area contributed by atoms with Gasteiger partial charge in [0.25, 0.3) is 0 Å². The Morgan fingerprint density at radius 1 is 1.44 bits per heavy atom. The van der Waals surface area contributed by atoms with Gasteiger partial charge in [0.15, 0.2) is 0 Å². The van der Waals surface area contributed by atoms with E-state index in [1.807, 2.05) is 0 Å². The molecule has 1 fully saturated rings. The third kappa shape index (κ3) is 2.11. The van der Waals surface area contributed by atoms with Crippen molar-refractivity contribution in [3.05, 3.63) is 28.8 Å². The molecule has 16 heavy (non-hydrogen) atoms. The molecule has 1 aromatic carbocycles. The van der Waals surface area contributed by atoms with Gasteiger partial charge in [-0.05, 0) is 18.2 Å². The Bertz CT molecular complexity index is 396. The van der Waals surface area contributed by atoms with Crippen molar-refractivity contribution in [2.45, 2.75) is 12.2 Å². The molecule has 0 atom stereocenters. The van der Waals surface area contributed by atoms with E-state index >= 15 is 0 Å². The maximum Gasteiger partial charge on any atom is 0.387 e. The lowest BCUT2D eigenvalue weighted by Crippen LogP contribution is -2.56. The zero-order valence-electron chi connectivity index (χ0n) is 8.21. The number of rotatable bonds is 3.